The first kappa shape index (κ1) is 20.1. The second-order valence-corrected chi connectivity index (χ2v) is 7.02. The van der Waals surface area contributed by atoms with Gasteiger partial charge >= 0.3 is 6.18 Å². The van der Waals surface area contributed by atoms with E-state index in [1.165, 1.54) is 11.0 Å². The van der Waals surface area contributed by atoms with Crippen LogP contribution in [0, 0.1) is 0 Å². The number of alkyl halides is 3. The number of amides is 2. The van der Waals surface area contributed by atoms with E-state index in [-0.39, 0.29) is 25.5 Å². The highest BCUT2D eigenvalue weighted by Gasteiger charge is 2.28. The summed E-state index contributed by atoms with van der Waals surface area (Å²) in [5.74, 6) is -1.13. The van der Waals surface area contributed by atoms with Crippen molar-refractivity contribution < 1.29 is 27.5 Å². The van der Waals surface area contributed by atoms with Gasteiger partial charge < -0.3 is 15.0 Å². The Kier molecular flexibility index (Phi) is 6.13. The molecule has 0 saturated carbocycles. The van der Waals surface area contributed by atoms with Gasteiger partial charge in [0, 0.05) is 17.9 Å². The fourth-order valence-electron chi connectivity index (χ4n) is 2.68. The van der Waals surface area contributed by atoms with Crippen LogP contribution in [0.5, 0.6) is 5.75 Å². The molecule has 0 aliphatic carbocycles. The van der Waals surface area contributed by atoms with Crippen LogP contribution < -0.4 is 15.0 Å². The monoisotopic (exact) mass is 410 g/mol. The number of thioether (sulfide) groups is 1. The molecule has 0 bridgehead atoms. The van der Waals surface area contributed by atoms with Crippen molar-refractivity contribution in [3.05, 3.63) is 48.5 Å². The summed E-state index contributed by atoms with van der Waals surface area (Å²) in [6.07, 6.45) is -4.30. The SMILES string of the molecule is O=C(CCN1C(=O)COc2ccccc21)Nc1ccccc1SCC(F)(F)F. The third-order valence-electron chi connectivity index (χ3n) is 3.92. The fraction of sp³-hybridized carbons (Fsp3) is 0.263. The average Bonchev–Trinajstić information content (AvgIpc) is 2.66. The maximum Gasteiger partial charge on any atom is 0.398 e. The predicted octanol–water partition coefficient (Wildman–Crippen LogP) is 4.10. The summed E-state index contributed by atoms with van der Waals surface area (Å²) in [7, 11) is 0. The smallest absolute Gasteiger partial charge is 0.398 e. The van der Waals surface area contributed by atoms with E-state index in [0.717, 1.165) is 0 Å². The minimum Gasteiger partial charge on any atom is -0.482 e. The molecule has 0 aromatic heterocycles. The zero-order chi connectivity index (χ0) is 20.1. The number of carbonyl (C=O) groups is 2. The topological polar surface area (TPSA) is 58.6 Å². The number of halogens is 3. The zero-order valence-electron chi connectivity index (χ0n) is 14.7. The Labute approximate surface area is 163 Å². The van der Waals surface area contributed by atoms with Gasteiger partial charge in [-0.1, -0.05) is 24.3 Å². The molecule has 1 heterocycles. The van der Waals surface area contributed by atoms with Gasteiger partial charge in [-0.05, 0) is 24.3 Å². The minimum absolute atomic E-state index is 0.00164. The van der Waals surface area contributed by atoms with Gasteiger partial charge in [0.25, 0.3) is 5.91 Å². The molecular formula is C19H17F3N2O3S. The zero-order valence-corrected chi connectivity index (χ0v) is 15.5. The van der Waals surface area contributed by atoms with Crippen molar-refractivity contribution in [1.29, 1.82) is 0 Å². The second-order valence-electron chi connectivity index (χ2n) is 6.00. The normalized spacial score (nSPS) is 13.7. The van der Waals surface area contributed by atoms with E-state index in [0.29, 0.717) is 33.8 Å². The summed E-state index contributed by atoms with van der Waals surface area (Å²) in [5.41, 5.74) is 0.906. The molecule has 1 aliphatic heterocycles. The molecular weight excluding hydrogens is 393 g/mol. The van der Waals surface area contributed by atoms with Crippen molar-refractivity contribution in [2.45, 2.75) is 17.5 Å². The lowest BCUT2D eigenvalue weighted by Crippen LogP contribution is -2.40. The molecule has 0 spiro atoms. The van der Waals surface area contributed by atoms with Gasteiger partial charge in [-0.2, -0.15) is 13.2 Å². The summed E-state index contributed by atoms with van der Waals surface area (Å²) >= 11 is 0.612. The lowest BCUT2D eigenvalue weighted by atomic mass is 10.2. The molecule has 1 aliphatic rings. The number of hydrogen-bond acceptors (Lipinski definition) is 4. The van der Waals surface area contributed by atoms with Gasteiger partial charge in [0.05, 0.1) is 17.1 Å². The van der Waals surface area contributed by atoms with Crippen molar-refractivity contribution in [1.82, 2.24) is 0 Å². The Morgan fingerprint density at radius 2 is 1.86 bits per heavy atom. The van der Waals surface area contributed by atoms with Gasteiger partial charge in [-0.3, -0.25) is 9.59 Å². The molecule has 0 fully saturated rings. The molecule has 1 N–H and O–H groups in total. The third-order valence-corrected chi connectivity index (χ3v) is 5.06. The van der Waals surface area contributed by atoms with Crippen LogP contribution in [0.1, 0.15) is 6.42 Å². The van der Waals surface area contributed by atoms with E-state index in [4.69, 9.17) is 4.74 Å². The molecule has 9 heteroatoms. The maximum absolute atomic E-state index is 12.5. The molecule has 2 aromatic rings. The lowest BCUT2D eigenvalue weighted by molar-refractivity contribution is -0.121. The summed E-state index contributed by atoms with van der Waals surface area (Å²) < 4.78 is 42.7. The Morgan fingerprint density at radius 1 is 1.14 bits per heavy atom. The molecule has 0 saturated heterocycles. The van der Waals surface area contributed by atoms with E-state index in [9.17, 15) is 22.8 Å². The van der Waals surface area contributed by atoms with E-state index in [2.05, 4.69) is 5.32 Å². The fourth-order valence-corrected chi connectivity index (χ4v) is 3.45. The quantitative estimate of drug-likeness (QED) is 0.729. The van der Waals surface area contributed by atoms with Crippen LogP contribution in [-0.2, 0) is 9.59 Å². The highest BCUT2D eigenvalue weighted by Crippen LogP contribution is 2.33. The first-order valence-corrected chi connectivity index (χ1v) is 9.43. The molecule has 2 amide bonds. The number of fused-ring (bicyclic) bond motifs is 1. The maximum atomic E-state index is 12.5. The van der Waals surface area contributed by atoms with Gasteiger partial charge in [-0.25, -0.2) is 0 Å². The average molecular weight is 410 g/mol. The van der Waals surface area contributed by atoms with Gasteiger partial charge in [0.1, 0.15) is 5.75 Å². The standard InChI is InChI=1S/C19H17F3N2O3S/c20-19(21,22)12-28-16-8-4-1-5-13(16)23-17(25)9-10-24-14-6-2-3-7-15(14)27-11-18(24)26/h1-8H,9-12H2,(H,23,25). The summed E-state index contributed by atoms with van der Waals surface area (Å²) in [6, 6.07) is 13.3. The molecule has 2 aromatic carbocycles. The van der Waals surface area contributed by atoms with Crippen LogP contribution in [-0.4, -0.2) is 36.9 Å². The Balaban J connectivity index is 1.62. The third kappa shape index (κ3) is 5.19. The van der Waals surface area contributed by atoms with Crippen molar-refractivity contribution in [3.63, 3.8) is 0 Å². The van der Waals surface area contributed by atoms with E-state index >= 15 is 0 Å². The number of nitrogens with one attached hydrogen (secondary N) is 1. The Hall–Kier alpha value is -2.68. The number of ether oxygens (including phenoxy) is 1. The van der Waals surface area contributed by atoms with E-state index < -0.39 is 17.8 Å². The molecule has 0 radical (unpaired) electrons. The van der Waals surface area contributed by atoms with Crippen molar-refractivity contribution in [2.75, 3.05) is 29.1 Å². The largest absolute Gasteiger partial charge is 0.482 e. The highest BCUT2D eigenvalue weighted by atomic mass is 32.2. The molecule has 5 nitrogen and oxygen atoms in total. The number of rotatable bonds is 6. The van der Waals surface area contributed by atoms with Crippen molar-refractivity contribution in [2.24, 2.45) is 0 Å². The summed E-state index contributed by atoms with van der Waals surface area (Å²) in [5, 5.41) is 2.63. The van der Waals surface area contributed by atoms with Crippen molar-refractivity contribution >= 4 is 35.0 Å². The number of anilines is 2. The molecule has 0 unspecified atom stereocenters. The number of hydrogen-bond donors (Lipinski definition) is 1. The number of para-hydroxylation sites is 3. The molecule has 148 valence electrons. The van der Waals surface area contributed by atoms with Gasteiger partial charge in [0.15, 0.2) is 6.61 Å². The van der Waals surface area contributed by atoms with Crippen LogP contribution in [0.25, 0.3) is 0 Å². The van der Waals surface area contributed by atoms with Gasteiger partial charge in [-0.15, -0.1) is 11.8 Å². The predicted molar refractivity (Wildman–Crippen MR) is 101 cm³/mol. The first-order valence-electron chi connectivity index (χ1n) is 8.44. The molecule has 0 atom stereocenters. The minimum atomic E-state index is -4.30. The van der Waals surface area contributed by atoms with Crippen LogP contribution in [0.2, 0.25) is 0 Å². The summed E-state index contributed by atoms with van der Waals surface area (Å²) in [4.78, 5) is 26.2. The summed E-state index contributed by atoms with van der Waals surface area (Å²) in [6.45, 7) is 0.0401. The molecule has 3 rings (SSSR count). The Bertz CT molecular complexity index is 873. The van der Waals surface area contributed by atoms with E-state index in [1.807, 2.05) is 0 Å². The van der Waals surface area contributed by atoms with Crippen molar-refractivity contribution in [3.8, 4) is 5.75 Å². The second kappa shape index (κ2) is 8.55. The number of nitrogens with zero attached hydrogens (tertiary/aromatic N) is 1. The number of carbonyl (C=O) groups excluding carboxylic acids is 2. The van der Waals surface area contributed by atoms with Crippen LogP contribution >= 0.6 is 11.8 Å². The Morgan fingerprint density at radius 3 is 2.64 bits per heavy atom. The highest BCUT2D eigenvalue weighted by molar-refractivity contribution is 7.99. The number of benzene rings is 2. The first-order chi connectivity index (χ1) is 13.3. The van der Waals surface area contributed by atoms with Crippen LogP contribution in [0.4, 0.5) is 24.5 Å². The van der Waals surface area contributed by atoms with Gasteiger partial charge in [0.2, 0.25) is 5.91 Å². The van der Waals surface area contributed by atoms with E-state index in [1.54, 1.807) is 42.5 Å². The van der Waals surface area contributed by atoms with Crippen LogP contribution in [0.15, 0.2) is 53.4 Å². The van der Waals surface area contributed by atoms with Crippen LogP contribution in [0.3, 0.4) is 0 Å². The lowest BCUT2D eigenvalue weighted by Gasteiger charge is -2.29. The molecule has 28 heavy (non-hydrogen) atoms.